The van der Waals surface area contributed by atoms with Gasteiger partial charge in [-0.2, -0.15) is 5.10 Å². The normalized spacial score (nSPS) is 11.1. The molecular formula is C18H13BrN2O3. The number of benzene rings is 2. The van der Waals surface area contributed by atoms with E-state index in [1.807, 2.05) is 19.1 Å². The molecule has 1 amide bonds. The number of nitrogens with zero attached hydrogens (tertiary/aromatic N) is 1. The topological polar surface area (TPSA) is 71.7 Å². The van der Waals surface area contributed by atoms with Gasteiger partial charge in [-0.05, 0) is 47.1 Å². The van der Waals surface area contributed by atoms with E-state index in [1.54, 1.807) is 30.3 Å². The van der Waals surface area contributed by atoms with E-state index < -0.39 is 0 Å². The maximum Gasteiger partial charge on any atom is 0.272 e. The van der Waals surface area contributed by atoms with Crippen LogP contribution in [0.2, 0.25) is 0 Å². The Labute approximate surface area is 146 Å². The molecular weight excluding hydrogens is 372 g/mol. The molecule has 0 atom stereocenters. The van der Waals surface area contributed by atoms with Crippen molar-refractivity contribution in [1.29, 1.82) is 0 Å². The van der Waals surface area contributed by atoms with Gasteiger partial charge in [-0.3, -0.25) is 9.59 Å². The van der Waals surface area contributed by atoms with Crippen molar-refractivity contribution in [3.8, 4) is 0 Å². The predicted molar refractivity (Wildman–Crippen MR) is 96.4 cm³/mol. The first-order chi connectivity index (χ1) is 11.6. The molecule has 0 aliphatic heterocycles. The molecule has 1 N–H and O–H groups in total. The van der Waals surface area contributed by atoms with Crippen LogP contribution in [0, 0.1) is 6.92 Å². The van der Waals surface area contributed by atoms with E-state index in [4.69, 9.17) is 4.42 Å². The Morgan fingerprint density at radius 1 is 1.25 bits per heavy atom. The first kappa shape index (κ1) is 16.1. The molecule has 0 fully saturated rings. The summed E-state index contributed by atoms with van der Waals surface area (Å²) in [6.45, 7) is 1.90. The van der Waals surface area contributed by atoms with E-state index in [0.29, 0.717) is 21.0 Å². The number of aryl methyl sites for hydroxylation is 1. The molecule has 0 spiro atoms. The third kappa shape index (κ3) is 3.28. The average Bonchev–Trinajstić information content (AvgIpc) is 2.57. The second-order valence-corrected chi connectivity index (χ2v) is 6.05. The van der Waals surface area contributed by atoms with Crippen LogP contribution in [0.1, 0.15) is 21.5 Å². The van der Waals surface area contributed by atoms with Gasteiger partial charge >= 0.3 is 0 Å². The average molecular weight is 385 g/mol. The van der Waals surface area contributed by atoms with Crippen molar-refractivity contribution in [1.82, 2.24) is 5.43 Å². The molecule has 3 aromatic rings. The lowest BCUT2D eigenvalue weighted by Gasteiger charge is -2.02. The summed E-state index contributed by atoms with van der Waals surface area (Å²) >= 11 is 3.30. The number of nitrogens with one attached hydrogen (secondary N) is 1. The minimum absolute atomic E-state index is 0.196. The van der Waals surface area contributed by atoms with Gasteiger partial charge in [-0.15, -0.1) is 0 Å². The van der Waals surface area contributed by atoms with E-state index in [2.05, 4.69) is 26.5 Å². The predicted octanol–water partition coefficient (Wildman–Crippen LogP) is 3.63. The van der Waals surface area contributed by atoms with Gasteiger partial charge in [-0.1, -0.05) is 23.8 Å². The fourth-order valence-corrected chi connectivity index (χ4v) is 2.68. The minimum atomic E-state index is -0.375. The highest BCUT2D eigenvalue weighted by Crippen LogP contribution is 2.15. The van der Waals surface area contributed by atoms with Crippen LogP contribution in [0.15, 0.2) is 67.5 Å². The maximum absolute atomic E-state index is 12.4. The van der Waals surface area contributed by atoms with Crippen molar-refractivity contribution in [2.24, 2.45) is 5.10 Å². The number of halogens is 1. The van der Waals surface area contributed by atoms with Gasteiger partial charge in [0, 0.05) is 4.47 Å². The molecule has 0 saturated heterocycles. The number of amides is 1. The summed E-state index contributed by atoms with van der Waals surface area (Å²) in [6.07, 6.45) is 2.61. The second kappa shape index (κ2) is 6.80. The van der Waals surface area contributed by atoms with Crippen LogP contribution >= 0.6 is 15.9 Å². The van der Waals surface area contributed by atoms with Gasteiger partial charge in [0.2, 0.25) is 5.43 Å². The largest absolute Gasteiger partial charge is 0.463 e. The molecule has 0 radical (unpaired) electrons. The molecule has 1 heterocycles. The molecule has 0 aliphatic carbocycles. The molecule has 0 aliphatic rings. The Kier molecular flexibility index (Phi) is 4.57. The van der Waals surface area contributed by atoms with E-state index in [-0.39, 0.29) is 16.9 Å². The Bertz CT molecular complexity index is 1010. The zero-order valence-corrected chi connectivity index (χ0v) is 14.3. The van der Waals surface area contributed by atoms with Crippen LogP contribution in [0.5, 0.6) is 0 Å². The monoisotopic (exact) mass is 384 g/mol. The number of hydrazone groups is 1. The third-order valence-corrected chi connectivity index (χ3v) is 4.13. The van der Waals surface area contributed by atoms with Crippen molar-refractivity contribution < 1.29 is 9.21 Å². The van der Waals surface area contributed by atoms with Crippen LogP contribution in [0.4, 0.5) is 0 Å². The van der Waals surface area contributed by atoms with E-state index in [9.17, 15) is 9.59 Å². The standard InChI is InChI=1S/C18H13BrN2O3/c1-11-6-7-16-14(8-11)17(22)12(10-24-16)9-20-21-18(23)13-4-2-3-5-15(13)19/h2-10H,1H3,(H,21,23)/b20-9-. The number of fused-ring (bicyclic) bond motifs is 1. The first-order valence-corrected chi connectivity index (χ1v) is 7.95. The first-order valence-electron chi connectivity index (χ1n) is 7.16. The number of hydrogen-bond acceptors (Lipinski definition) is 4. The molecule has 5 nitrogen and oxygen atoms in total. The van der Waals surface area contributed by atoms with Crippen molar-refractivity contribution in [2.75, 3.05) is 0 Å². The Morgan fingerprint density at radius 2 is 2.04 bits per heavy atom. The van der Waals surface area contributed by atoms with E-state index >= 15 is 0 Å². The summed E-state index contributed by atoms with van der Waals surface area (Å²) in [4.78, 5) is 24.5. The van der Waals surface area contributed by atoms with Crippen molar-refractivity contribution in [3.05, 3.63) is 80.1 Å². The summed E-state index contributed by atoms with van der Waals surface area (Å²) in [7, 11) is 0. The van der Waals surface area contributed by atoms with Gasteiger partial charge in [0.05, 0.1) is 22.7 Å². The van der Waals surface area contributed by atoms with Gasteiger partial charge in [0.25, 0.3) is 5.91 Å². The van der Waals surface area contributed by atoms with E-state index in [0.717, 1.165) is 5.56 Å². The number of rotatable bonds is 3. The summed E-state index contributed by atoms with van der Waals surface area (Å²) in [5.41, 5.74) is 4.40. The molecule has 3 rings (SSSR count). The van der Waals surface area contributed by atoms with Gasteiger partial charge < -0.3 is 4.42 Å². The zero-order chi connectivity index (χ0) is 17.1. The van der Waals surface area contributed by atoms with Crippen LogP contribution in [0.25, 0.3) is 11.0 Å². The third-order valence-electron chi connectivity index (χ3n) is 3.44. The molecule has 120 valence electrons. The van der Waals surface area contributed by atoms with Gasteiger partial charge in [0.1, 0.15) is 11.8 Å². The van der Waals surface area contributed by atoms with Gasteiger partial charge in [0.15, 0.2) is 0 Å². The highest BCUT2D eigenvalue weighted by molar-refractivity contribution is 9.10. The maximum atomic E-state index is 12.4. The summed E-state index contributed by atoms with van der Waals surface area (Å²) in [5.74, 6) is -0.375. The fourth-order valence-electron chi connectivity index (χ4n) is 2.22. The van der Waals surface area contributed by atoms with Crippen LogP contribution in [0.3, 0.4) is 0 Å². The molecule has 6 heteroatoms. The highest BCUT2D eigenvalue weighted by atomic mass is 79.9. The second-order valence-electron chi connectivity index (χ2n) is 5.20. The Balaban J connectivity index is 1.84. The van der Waals surface area contributed by atoms with E-state index in [1.165, 1.54) is 12.5 Å². The molecule has 0 unspecified atom stereocenters. The van der Waals surface area contributed by atoms with Crippen molar-refractivity contribution in [2.45, 2.75) is 6.92 Å². The van der Waals surface area contributed by atoms with Gasteiger partial charge in [-0.25, -0.2) is 5.43 Å². The summed E-state index contributed by atoms with van der Waals surface area (Å²) < 4.78 is 6.09. The SMILES string of the molecule is Cc1ccc2occ(/C=N\NC(=O)c3ccccc3Br)c(=O)c2c1. The minimum Gasteiger partial charge on any atom is -0.463 e. The Hall–Kier alpha value is -2.73. The quantitative estimate of drug-likeness (QED) is 0.553. The molecule has 2 aromatic carbocycles. The molecule has 0 saturated carbocycles. The van der Waals surface area contributed by atoms with Crippen LogP contribution in [-0.2, 0) is 0 Å². The van der Waals surface area contributed by atoms with Crippen LogP contribution in [-0.4, -0.2) is 12.1 Å². The lowest BCUT2D eigenvalue weighted by atomic mass is 10.1. The number of carbonyl (C=O) groups is 1. The van der Waals surface area contributed by atoms with Crippen molar-refractivity contribution in [3.63, 3.8) is 0 Å². The molecule has 0 bridgehead atoms. The van der Waals surface area contributed by atoms with Crippen LogP contribution < -0.4 is 10.9 Å². The summed E-state index contributed by atoms with van der Waals surface area (Å²) in [6, 6.07) is 12.4. The lowest BCUT2D eigenvalue weighted by Crippen LogP contribution is -2.19. The molecule has 1 aromatic heterocycles. The lowest BCUT2D eigenvalue weighted by molar-refractivity contribution is 0.0954. The zero-order valence-electron chi connectivity index (χ0n) is 12.7. The number of hydrogen-bond donors (Lipinski definition) is 1. The smallest absolute Gasteiger partial charge is 0.272 e. The highest BCUT2D eigenvalue weighted by Gasteiger charge is 2.08. The number of carbonyl (C=O) groups excluding carboxylic acids is 1. The molecule has 24 heavy (non-hydrogen) atoms. The van der Waals surface area contributed by atoms with Crippen molar-refractivity contribution >= 4 is 39.0 Å². The summed E-state index contributed by atoms with van der Waals surface area (Å²) in [5, 5.41) is 4.33. The Morgan fingerprint density at radius 3 is 2.83 bits per heavy atom. The fraction of sp³-hybridized carbons (Fsp3) is 0.0556.